The first kappa shape index (κ1) is 27.4. The maximum atomic E-state index is 13.7. The third kappa shape index (κ3) is 3.91. The molecule has 5 rings (SSSR count). The Morgan fingerprint density at radius 1 is 1.21 bits per heavy atom. The summed E-state index contributed by atoms with van der Waals surface area (Å²) in [6.45, 7) is 2.01. The number of hydrogen-bond donors (Lipinski definition) is 4. The number of carbonyl (C=O) groups is 3. The summed E-state index contributed by atoms with van der Waals surface area (Å²) in [6, 6.07) is 0. The van der Waals surface area contributed by atoms with Crippen molar-refractivity contribution in [2.24, 2.45) is 28.6 Å². The molecule has 0 aromatic carbocycles. The molecule has 12 heteroatoms. The van der Waals surface area contributed by atoms with Gasteiger partial charge < -0.3 is 20.1 Å². The van der Waals surface area contributed by atoms with Gasteiger partial charge in [0.15, 0.2) is 11.6 Å². The highest BCUT2D eigenvalue weighted by molar-refractivity contribution is 6.02. The van der Waals surface area contributed by atoms with Crippen LogP contribution in [0.5, 0.6) is 0 Å². The number of halogens is 1. The van der Waals surface area contributed by atoms with Crippen molar-refractivity contribution in [3.63, 3.8) is 0 Å². The van der Waals surface area contributed by atoms with Crippen LogP contribution in [0.25, 0.3) is 0 Å². The summed E-state index contributed by atoms with van der Waals surface area (Å²) in [5.74, 6) is -4.23. The number of nitrogens with zero attached hydrogens (tertiary/aromatic N) is 1. The molecule has 0 saturated heterocycles. The molecule has 0 unspecified atom stereocenters. The van der Waals surface area contributed by atoms with E-state index in [9.17, 15) is 43.7 Å². The number of aromatic amines is 1. The second-order valence-electron chi connectivity index (χ2n) is 11.6. The van der Waals surface area contributed by atoms with Crippen LogP contribution in [-0.2, 0) is 25.7 Å². The second kappa shape index (κ2) is 9.17. The molecule has 0 radical (unpaired) electrons. The molecule has 0 bridgehead atoms. The summed E-state index contributed by atoms with van der Waals surface area (Å²) in [4.78, 5) is 63.2. The molecular formula is C27H31FN2O9. The molecule has 0 amide bonds. The fourth-order valence-electron chi connectivity index (χ4n) is 8.02. The van der Waals surface area contributed by atoms with E-state index in [0.717, 1.165) is 0 Å². The van der Waals surface area contributed by atoms with Crippen LogP contribution in [0.3, 0.4) is 0 Å². The molecule has 1 heterocycles. The Morgan fingerprint density at radius 2 is 1.92 bits per heavy atom. The fourth-order valence-corrected chi connectivity index (χ4v) is 8.02. The highest BCUT2D eigenvalue weighted by Crippen LogP contribution is 2.68. The van der Waals surface area contributed by atoms with E-state index < -0.39 is 76.2 Å². The first-order valence-electron chi connectivity index (χ1n) is 13.0. The van der Waals surface area contributed by atoms with Gasteiger partial charge >= 0.3 is 11.7 Å². The molecular weight excluding hydrogens is 515 g/mol. The standard InChI is InChI=1S/C27H31FN2O9/c1-25-9-18(33)22-15(16(25)5-6-27(25,38)19(34)12-31)4-3-13-7-14(32)8-20(26(13,22)2)39-21(35)11-30-10-17(28)23(36)29-24(30)37/h7-8,10,15-16,18,22,31,33,38H,3-6,9,11-12H2,1-2H3,(H,29,36,37)/t15-,16-,18-,22+,25-,26+,27-/m0/s1. The van der Waals surface area contributed by atoms with Crippen LogP contribution in [0.15, 0.2) is 39.3 Å². The van der Waals surface area contributed by atoms with Gasteiger partial charge in [-0.1, -0.05) is 12.5 Å². The van der Waals surface area contributed by atoms with Crippen molar-refractivity contribution in [3.8, 4) is 0 Å². The van der Waals surface area contributed by atoms with E-state index >= 15 is 0 Å². The van der Waals surface area contributed by atoms with E-state index in [-0.39, 0.29) is 30.4 Å². The highest BCUT2D eigenvalue weighted by atomic mass is 19.1. The number of ether oxygens (including phenoxy) is 1. The van der Waals surface area contributed by atoms with E-state index in [4.69, 9.17) is 4.74 Å². The van der Waals surface area contributed by atoms with Crippen LogP contribution in [-0.4, -0.2) is 60.7 Å². The molecule has 3 saturated carbocycles. The van der Waals surface area contributed by atoms with Gasteiger partial charge in [-0.15, -0.1) is 0 Å². The minimum Gasteiger partial charge on any atom is -0.429 e. The predicted molar refractivity (Wildman–Crippen MR) is 131 cm³/mol. The molecule has 11 nitrogen and oxygen atoms in total. The first-order chi connectivity index (χ1) is 18.3. The number of nitrogens with one attached hydrogen (secondary N) is 1. The van der Waals surface area contributed by atoms with Crippen LogP contribution in [0.4, 0.5) is 4.39 Å². The quantitative estimate of drug-likeness (QED) is 0.374. The summed E-state index contributed by atoms with van der Waals surface area (Å²) in [7, 11) is 0. The SMILES string of the molecule is C[C@@]12C(=CC(=O)C=C1OC(=O)Cn1cc(F)c(=O)[nH]c1=O)CC[C@@H]1[C@@H]2[C@@H](O)C[C@@]2(C)[C@H]1CC[C@]2(O)C(=O)CO. The van der Waals surface area contributed by atoms with Gasteiger partial charge in [0.1, 0.15) is 24.5 Å². The van der Waals surface area contributed by atoms with Gasteiger partial charge in [0.2, 0.25) is 5.82 Å². The van der Waals surface area contributed by atoms with Gasteiger partial charge in [0, 0.05) is 17.4 Å². The normalized spacial score (nSPS) is 37.2. The third-order valence-corrected chi connectivity index (χ3v) is 9.88. The lowest BCUT2D eigenvalue weighted by Crippen LogP contribution is -2.62. The Morgan fingerprint density at radius 3 is 2.62 bits per heavy atom. The van der Waals surface area contributed by atoms with Crippen molar-refractivity contribution in [2.45, 2.75) is 64.2 Å². The largest absolute Gasteiger partial charge is 0.429 e. The number of carbonyl (C=O) groups excluding carboxylic acids is 3. The molecule has 4 N–H and O–H groups in total. The van der Waals surface area contributed by atoms with Gasteiger partial charge in [0.25, 0.3) is 5.56 Å². The molecule has 210 valence electrons. The van der Waals surface area contributed by atoms with Crippen LogP contribution in [0, 0.1) is 34.4 Å². The van der Waals surface area contributed by atoms with Crippen LogP contribution in [0.2, 0.25) is 0 Å². The second-order valence-corrected chi connectivity index (χ2v) is 11.6. The smallest absolute Gasteiger partial charge is 0.331 e. The predicted octanol–water partition coefficient (Wildman–Crippen LogP) is 0.118. The van der Waals surface area contributed by atoms with E-state index in [2.05, 4.69) is 0 Å². The lowest BCUT2D eigenvalue weighted by atomic mass is 9.45. The topological polar surface area (TPSA) is 176 Å². The van der Waals surface area contributed by atoms with E-state index in [0.29, 0.717) is 35.6 Å². The number of ketones is 2. The number of aromatic nitrogens is 2. The molecule has 4 aliphatic rings. The van der Waals surface area contributed by atoms with E-state index in [1.165, 1.54) is 12.2 Å². The summed E-state index contributed by atoms with van der Waals surface area (Å²) >= 11 is 0. The minimum atomic E-state index is -1.78. The Labute approximate surface area is 222 Å². The lowest BCUT2D eigenvalue weighted by Gasteiger charge is -2.60. The fraction of sp³-hybridized carbons (Fsp3) is 0.593. The van der Waals surface area contributed by atoms with Crippen molar-refractivity contribution in [3.05, 3.63) is 56.3 Å². The van der Waals surface area contributed by atoms with Gasteiger partial charge in [-0.25, -0.2) is 9.59 Å². The number of fused-ring (bicyclic) bond motifs is 5. The maximum absolute atomic E-state index is 13.7. The zero-order valence-electron chi connectivity index (χ0n) is 21.6. The Balaban J connectivity index is 1.48. The Bertz CT molecular complexity index is 1440. The summed E-state index contributed by atoms with van der Waals surface area (Å²) < 4.78 is 20.0. The maximum Gasteiger partial charge on any atom is 0.331 e. The lowest BCUT2D eigenvalue weighted by molar-refractivity contribution is -0.182. The number of hydrogen-bond acceptors (Lipinski definition) is 9. The van der Waals surface area contributed by atoms with Crippen molar-refractivity contribution in [1.29, 1.82) is 0 Å². The van der Waals surface area contributed by atoms with Crippen LogP contribution in [0.1, 0.15) is 46.0 Å². The summed E-state index contributed by atoms with van der Waals surface area (Å²) in [6.07, 6.45) is 3.92. The van der Waals surface area contributed by atoms with Gasteiger partial charge in [-0.3, -0.25) is 23.9 Å². The number of allylic oxidation sites excluding steroid dienone is 3. The zero-order valence-corrected chi connectivity index (χ0v) is 21.6. The molecule has 3 fully saturated rings. The number of rotatable bonds is 5. The number of esters is 1. The number of H-pyrrole nitrogens is 1. The zero-order chi connectivity index (χ0) is 28.5. The summed E-state index contributed by atoms with van der Waals surface area (Å²) in [5, 5.41) is 32.5. The molecule has 7 atom stereocenters. The van der Waals surface area contributed by atoms with Crippen molar-refractivity contribution in [2.75, 3.05) is 6.61 Å². The minimum absolute atomic E-state index is 0.00927. The van der Waals surface area contributed by atoms with Crippen molar-refractivity contribution >= 4 is 17.5 Å². The number of aliphatic hydroxyl groups excluding tert-OH is 2. The highest BCUT2D eigenvalue weighted by Gasteiger charge is 2.69. The molecule has 0 aliphatic heterocycles. The molecule has 1 aromatic heterocycles. The van der Waals surface area contributed by atoms with Gasteiger partial charge in [-0.05, 0) is 56.9 Å². The Hall–Kier alpha value is -3.22. The first-order valence-corrected chi connectivity index (χ1v) is 13.0. The van der Waals surface area contributed by atoms with E-state index in [1.54, 1.807) is 18.8 Å². The number of aliphatic hydroxyl groups is 3. The average molecular weight is 547 g/mol. The third-order valence-electron chi connectivity index (χ3n) is 9.88. The Kier molecular flexibility index (Phi) is 6.43. The van der Waals surface area contributed by atoms with Crippen LogP contribution < -0.4 is 11.2 Å². The van der Waals surface area contributed by atoms with Gasteiger partial charge in [0.05, 0.1) is 17.7 Å². The van der Waals surface area contributed by atoms with Gasteiger partial charge in [-0.2, -0.15) is 4.39 Å². The molecule has 4 aliphatic carbocycles. The average Bonchev–Trinajstić information content (AvgIpc) is 3.13. The monoisotopic (exact) mass is 546 g/mol. The van der Waals surface area contributed by atoms with E-state index in [1.807, 2.05) is 0 Å². The molecule has 0 spiro atoms. The van der Waals surface area contributed by atoms with Crippen molar-refractivity contribution < 1.29 is 38.8 Å². The van der Waals surface area contributed by atoms with Crippen molar-refractivity contribution in [1.82, 2.24) is 9.55 Å². The molecule has 39 heavy (non-hydrogen) atoms. The summed E-state index contributed by atoms with van der Waals surface area (Å²) in [5.41, 5.74) is -5.40. The molecule has 1 aromatic rings. The van der Waals surface area contributed by atoms with Crippen LogP contribution >= 0.6 is 0 Å². The number of Topliss-reactive ketones (excluding diaryl/α,β-unsaturated/α-hetero) is 1.